The van der Waals surface area contributed by atoms with E-state index in [1.165, 1.54) is 0 Å². The molecule has 10 heteroatoms. The Labute approximate surface area is 139 Å². The molecule has 0 fully saturated rings. The first-order chi connectivity index (χ1) is 11.7. The maximum absolute atomic E-state index is 12.6. The van der Waals surface area contributed by atoms with Gasteiger partial charge in [0, 0.05) is 11.6 Å². The molecule has 3 aromatic rings. The number of aromatic nitrogens is 4. The Bertz CT molecular complexity index is 950. The van der Waals surface area contributed by atoms with E-state index in [0.717, 1.165) is 10.9 Å². The molecule has 0 radical (unpaired) electrons. The Hall–Kier alpha value is -3.17. The number of carbonyl (C=O) groups excluding carboxylic acids is 1. The molecule has 0 atom stereocenters. The number of nitrogens with one attached hydrogen (secondary N) is 1. The number of nitrogens with zero attached hydrogens (tertiary/aromatic N) is 4. The average molecular weight is 350 g/mol. The molecule has 1 aromatic carbocycles. The number of nitrogen functional groups attached to an aromatic ring is 1. The number of rotatable bonds is 3. The van der Waals surface area contributed by atoms with Crippen molar-refractivity contribution in [2.75, 3.05) is 11.1 Å². The lowest BCUT2D eigenvalue weighted by molar-refractivity contribution is -0.145. The first-order valence-corrected chi connectivity index (χ1v) is 7.17. The summed E-state index contributed by atoms with van der Waals surface area (Å²) in [5.41, 5.74) is 7.32. The summed E-state index contributed by atoms with van der Waals surface area (Å²) in [7, 11) is 0. The van der Waals surface area contributed by atoms with Crippen LogP contribution in [0.1, 0.15) is 11.4 Å². The molecule has 3 N–H and O–H groups in total. The molecular weight excluding hydrogens is 337 g/mol. The number of halogens is 3. The van der Waals surface area contributed by atoms with Crippen molar-refractivity contribution in [2.45, 2.75) is 19.6 Å². The molecular formula is C15H13F3N6O. The van der Waals surface area contributed by atoms with Gasteiger partial charge in [0.1, 0.15) is 6.54 Å². The Morgan fingerprint density at radius 1 is 1.36 bits per heavy atom. The van der Waals surface area contributed by atoms with Crippen LogP contribution in [0.4, 0.5) is 24.8 Å². The molecule has 0 bridgehead atoms. The zero-order valence-corrected chi connectivity index (χ0v) is 13.0. The third-order valence-corrected chi connectivity index (χ3v) is 3.37. The van der Waals surface area contributed by atoms with Gasteiger partial charge in [-0.3, -0.25) is 9.78 Å². The third-order valence-electron chi connectivity index (χ3n) is 3.37. The van der Waals surface area contributed by atoms with Gasteiger partial charge in [0.2, 0.25) is 11.9 Å². The minimum atomic E-state index is -4.73. The quantitative estimate of drug-likeness (QED) is 0.756. The molecule has 0 aliphatic rings. The Balaban J connectivity index is 1.83. The summed E-state index contributed by atoms with van der Waals surface area (Å²) in [5, 5.41) is 6.68. The lowest BCUT2D eigenvalue weighted by Crippen LogP contribution is -2.21. The van der Waals surface area contributed by atoms with E-state index in [0.29, 0.717) is 15.9 Å². The molecule has 0 unspecified atom stereocenters. The van der Waals surface area contributed by atoms with Crippen LogP contribution in [0.15, 0.2) is 30.5 Å². The fourth-order valence-corrected chi connectivity index (χ4v) is 2.35. The van der Waals surface area contributed by atoms with Gasteiger partial charge < -0.3 is 11.1 Å². The monoisotopic (exact) mass is 350 g/mol. The van der Waals surface area contributed by atoms with Crippen molar-refractivity contribution in [1.29, 1.82) is 0 Å². The Morgan fingerprint density at radius 2 is 2.12 bits per heavy atom. The lowest BCUT2D eigenvalue weighted by atomic mass is 10.1. The number of hydrogen-bond acceptors (Lipinski definition) is 5. The molecule has 0 aliphatic heterocycles. The van der Waals surface area contributed by atoms with Crippen molar-refractivity contribution in [2.24, 2.45) is 0 Å². The van der Waals surface area contributed by atoms with E-state index in [9.17, 15) is 18.0 Å². The number of hydrogen-bond donors (Lipinski definition) is 2. The number of nitrogens with two attached hydrogens (primary N) is 1. The average Bonchev–Trinajstić information content (AvgIpc) is 2.88. The van der Waals surface area contributed by atoms with Gasteiger partial charge in [-0.05, 0) is 30.7 Å². The van der Waals surface area contributed by atoms with Crippen LogP contribution in [-0.2, 0) is 17.5 Å². The van der Waals surface area contributed by atoms with Gasteiger partial charge in [-0.1, -0.05) is 6.07 Å². The fraction of sp³-hybridized carbons (Fsp3) is 0.200. The maximum atomic E-state index is 12.6. The van der Waals surface area contributed by atoms with Crippen molar-refractivity contribution < 1.29 is 18.0 Å². The van der Waals surface area contributed by atoms with E-state index >= 15 is 0 Å². The van der Waals surface area contributed by atoms with Crippen LogP contribution in [0.25, 0.3) is 10.9 Å². The molecule has 7 nitrogen and oxygen atoms in total. The van der Waals surface area contributed by atoms with Crippen molar-refractivity contribution in [3.05, 3.63) is 41.9 Å². The van der Waals surface area contributed by atoms with Crippen LogP contribution in [0.3, 0.4) is 0 Å². The SMILES string of the molecule is Cc1cc(NC(=O)Cn2nc(C(F)(F)F)nc2N)c2ncccc2c1. The first kappa shape index (κ1) is 16.7. The summed E-state index contributed by atoms with van der Waals surface area (Å²) >= 11 is 0. The molecule has 0 spiro atoms. The van der Waals surface area contributed by atoms with E-state index in [2.05, 4.69) is 20.4 Å². The molecule has 130 valence electrons. The molecule has 1 amide bonds. The lowest BCUT2D eigenvalue weighted by Gasteiger charge is -2.10. The molecule has 0 saturated heterocycles. The van der Waals surface area contributed by atoms with Crippen LogP contribution in [0, 0.1) is 6.92 Å². The molecule has 0 saturated carbocycles. The predicted octanol–water partition coefficient (Wildman–Crippen LogP) is 2.37. The topological polar surface area (TPSA) is 98.7 Å². The summed E-state index contributed by atoms with van der Waals surface area (Å²) in [5.74, 6) is -2.47. The van der Waals surface area contributed by atoms with Crippen molar-refractivity contribution in [3.63, 3.8) is 0 Å². The predicted molar refractivity (Wildman–Crippen MR) is 84.5 cm³/mol. The smallest absolute Gasteiger partial charge is 0.368 e. The highest BCUT2D eigenvalue weighted by molar-refractivity contribution is 6.00. The van der Waals surface area contributed by atoms with Crippen molar-refractivity contribution >= 4 is 28.4 Å². The number of amides is 1. The van der Waals surface area contributed by atoms with Crippen molar-refractivity contribution in [3.8, 4) is 0 Å². The number of pyridine rings is 1. The second kappa shape index (κ2) is 6.04. The number of alkyl halides is 3. The van der Waals surface area contributed by atoms with Gasteiger partial charge in [-0.2, -0.15) is 18.2 Å². The van der Waals surface area contributed by atoms with Gasteiger partial charge in [-0.25, -0.2) is 4.68 Å². The second-order valence-electron chi connectivity index (χ2n) is 5.38. The Morgan fingerprint density at radius 3 is 2.80 bits per heavy atom. The largest absolute Gasteiger partial charge is 0.453 e. The highest BCUT2D eigenvalue weighted by Gasteiger charge is 2.37. The number of fused-ring (bicyclic) bond motifs is 1. The van der Waals surface area contributed by atoms with E-state index in [1.54, 1.807) is 18.3 Å². The van der Waals surface area contributed by atoms with Gasteiger partial charge in [-0.15, -0.1) is 5.10 Å². The van der Waals surface area contributed by atoms with E-state index < -0.39 is 30.4 Å². The van der Waals surface area contributed by atoms with Crippen LogP contribution < -0.4 is 11.1 Å². The van der Waals surface area contributed by atoms with Gasteiger partial charge in [0.25, 0.3) is 5.82 Å². The van der Waals surface area contributed by atoms with Gasteiger partial charge in [0.05, 0.1) is 11.2 Å². The molecule has 3 rings (SSSR count). The number of benzene rings is 1. The van der Waals surface area contributed by atoms with Crippen LogP contribution in [0.2, 0.25) is 0 Å². The zero-order valence-electron chi connectivity index (χ0n) is 13.0. The molecule has 0 aliphatic carbocycles. The summed E-state index contributed by atoms with van der Waals surface area (Å²) in [6.07, 6.45) is -3.15. The molecule has 2 aromatic heterocycles. The van der Waals surface area contributed by atoms with Crippen molar-refractivity contribution in [1.82, 2.24) is 19.7 Å². The summed E-state index contributed by atoms with van der Waals surface area (Å²) in [4.78, 5) is 19.5. The normalized spacial score (nSPS) is 11.7. The van der Waals surface area contributed by atoms with E-state index in [-0.39, 0.29) is 0 Å². The minimum Gasteiger partial charge on any atom is -0.368 e. The summed E-state index contributed by atoms with van der Waals surface area (Å²) in [6.45, 7) is 1.35. The number of carbonyl (C=O) groups is 1. The molecule has 25 heavy (non-hydrogen) atoms. The summed E-state index contributed by atoms with van der Waals surface area (Å²) in [6, 6.07) is 7.24. The minimum absolute atomic E-state index is 0.454. The van der Waals surface area contributed by atoms with Gasteiger partial charge in [0.15, 0.2) is 0 Å². The van der Waals surface area contributed by atoms with Gasteiger partial charge >= 0.3 is 6.18 Å². The standard InChI is InChI=1S/C15H13F3N6O/c1-8-5-9-3-2-4-20-12(9)10(6-8)21-11(25)7-24-14(19)22-13(23-24)15(16,17)18/h2-6H,7H2,1H3,(H,21,25)(H2,19,22,23). The van der Waals surface area contributed by atoms with Crippen LogP contribution in [-0.4, -0.2) is 25.7 Å². The number of aryl methyl sites for hydroxylation is 1. The fourth-order valence-electron chi connectivity index (χ4n) is 2.35. The Kier molecular flexibility index (Phi) is 4.03. The second-order valence-corrected chi connectivity index (χ2v) is 5.38. The highest BCUT2D eigenvalue weighted by atomic mass is 19.4. The highest BCUT2D eigenvalue weighted by Crippen LogP contribution is 2.27. The summed E-state index contributed by atoms with van der Waals surface area (Å²) < 4.78 is 38.4. The van der Waals surface area contributed by atoms with Crippen LogP contribution >= 0.6 is 0 Å². The zero-order chi connectivity index (χ0) is 18.2. The molecule has 2 heterocycles. The first-order valence-electron chi connectivity index (χ1n) is 7.17. The van der Waals surface area contributed by atoms with Crippen LogP contribution in [0.5, 0.6) is 0 Å². The maximum Gasteiger partial charge on any atom is 0.453 e. The van der Waals surface area contributed by atoms with E-state index in [4.69, 9.17) is 5.73 Å². The third kappa shape index (κ3) is 3.52. The number of anilines is 2. The van der Waals surface area contributed by atoms with E-state index in [1.807, 2.05) is 19.1 Å².